The third-order valence-electron chi connectivity index (χ3n) is 1.83. The number of hydrogen-bond donors (Lipinski definition) is 1. The number of methoxy groups -OCH3 is 1. The van der Waals surface area contributed by atoms with Crippen LogP contribution in [0.5, 0.6) is 5.75 Å². The van der Waals surface area contributed by atoms with Crippen LogP contribution in [-0.2, 0) is 6.54 Å². The van der Waals surface area contributed by atoms with Gasteiger partial charge in [0.1, 0.15) is 11.6 Å². The van der Waals surface area contributed by atoms with E-state index in [0.29, 0.717) is 17.9 Å². The molecule has 72 valence electrons. The second-order valence-electron chi connectivity index (χ2n) is 2.74. The summed E-state index contributed by atoms with van der Waals surface area (Å²) in [5.41, 5.74) is 0.669. The van der Waals surface area contributed by atoms with Crippen LogP contribution in [0.4, 0.5) is 4.39 Å². The van der Waals surface area contributed by atoms with E-state index < -0.39 is 0 Å². The lowest BCUT2D eigenvalue weighted by molar-refractivity contribution is 0.410. The topological polar surface area (TPSA) is 21.3 Å². The monoisotopic (exact) mass is 183 g/mol. The minimum absolute atomic E-state index is 0.222. The van der Waals surface area contributed by atoms with Crippen LogP contribution in [0.15, 0.2) is 18.2 Å². The van der Waals surface area contributed by atoms with Gasteiger partial charge >= 0.3 is 0 Å². The van der Waals surface area contributed by atoms with Crippen molar-refractivity contribution in [1.82, 2.24) is 5.32 Å². The first-order valence-electron chi connectivity index (χ1n) is 4.31. The first kappa shape index (κ1) is 9.99. The Balaban J connectivity index is 2.73. The lowest BCUT2D eigenvalue weighted by atomic mass is 10.2. The van der Waals surface area contributed by atoms with Crippen molar-refractivity contribution in [3.05, 3.63) is 29.6 Å². The molecular formula is C10H14FNO. The molecule has 13 heavy (non-hydrogen) atoms. The Bertz CT molecular complexity index is 276. The molecule has 1 aromatic carbocycles. The van der Waals surface area contributed by atoms with Gasteiger partial charge in [0.25, 0.3) is 0 Å². The summed E-state index contributed by atoms with van der Waals surface area (Å²) in [6, 6.07) is 4.89. The van der Waals surface area contributed by atoms with Gasteiger partial charge < -0.3 is 10.1 Å². The lowest BCUT2D eigenvalue weighted by Gasteiger charge is -2.05. The highest BCUT2D eigenvalue weighted by Gasteiger charge is 2.02. The fourth-order valence-electron chi connectivity index (χ4n) is 1.06. The summed E-state index contributed by atoms with van der Waals surface area (Å²) in [7, 11) is 1.53. The highest BCUT2D eigenvalue weighted by atomic mass is 19.1. The molecule has 0 spiro atoms. The molecule has 0 aliphatic heterocycles. The van der Waals surface area contributed by atoms with Crippen molar-refractivity contribution < 1.29 is 9.13 Å². The number of halogens is 1. The highest BCUT2D eigenvalue weighted by molar-refractivity contribution is 5.28. The van der Waals surface area contributed by atoms with Crippen LogP contribution in [0.3, 0.4) is 0 Å². The van der Waals surface area contributed by atoms with Crippen molar-refractivity contribution in [1.29, 1.82) is 0 Å². The van der Waals surface area contributed by atoms with Gasteiger partial charge in [-0.1, -0.05) is 13.0 Å². The maximum absolute atomic E-state index is 13.2. The zero-order chi connectivity index (χ0) is 9.68. The summed E-state index contributed by atoms with van der Waals surface area (Å²) in [5.74, 6) is 0.332. The summed E-state index contributed by atoms with van der Waals surface area (Å²) >= 11 is 0. The van der Waals surface area contributed by atoms with E-state index in [2.05, 4.69) is 5.32 Å². The van der Waals surface area contributed by atoms with Crippen molar-refractivity contribution in [3.8, 4) is 5.75 Å². The highest BCUT2D eigenvalue weighted by Crippen LogP contribution is 2.15. The number of nitrogens with one attached hydrogen (secondary N) is 1. The average Bonchev–Trinajstić information content (AvgIpc) is 2.16. The van der Waals surface area contributed by atoms with E-state index in [1.807, 2.05) is 6.92 Å². The summed E-state index contributed by atoms with van der Waals surface area (Å²) in [4.78, 5) is 0. The zero-order valence-electron chi connectivity index (χ0n) is 7.93. The molecule has 0 fully saturated rings. The van der Waals surface area contributed by atoms with Crippen LogP contribution < -0.4 is 10.1 Å². The maximum Gasteiger partial charge on any atom is 0.131 e. The molecular weight excluding hydrogens is 169 g/mol. The van der Waals surface area contributed by atoms with E-state index in [-0.39, 0.29) is 5.82 Å². The van der Waals surface area contributed by atoms with Gasteiger partial charge in [0.2, 0.25) is 0 Å². The first-order valence-corrected chi connectivity index (χ1v) is 4.31. The van der Waals surface area contributed by atoms with Crippen LogP contribution in [0.25, 0.3) is 0 Å². The van der Waals surface area contributed by atoms with Crippen molar-refractivity contribution in [2.24, 2.45) is 0 Å². The summed E-state index contributed by atoms with van der Waals surface area (Å²) in [5, 5.41) is 3.06. The summed E-state index contributed by atoms with van der Waals surface area (Å²) in [6.45, 7) is 3.39. The Hall–Kier alpha value is -1.09. The molecule has 1 N–H and O–H groups in total. The molecule has 0 radical (unpaired) electrons. The molecule has 2 nitrogen and oxygen atoms in total. The Labute approximate surface area is 77.7 Å². The van der Waals surface area contributed by atoms with Crippen molar-refractivity contribution in [2.45, 2.75) is 13.5 Å². The molecule has 0 aliphatic carbocycles. The zero-order valence-corrected chi connectivity index (χ0v) is 7.93. The van der Waals surface area contributed by atoms with E-state index in [1.165, 1.54) is 13.2 Å². The normalized spacial score (nSPS) is 10.1. The van der Waals surface area contributed by atoms with Gasteiger partial charge in [-0.2, -0.15) is 0 Å². The van der Waals surface area contributed by atoms with Crippen molar-refractivity contribution >= 4 is 0 Å². The van der Waals surface area contributed by atoms with Gasteiger partial charge in [-0.25, -0.2) is 4.39 Å². The lowest BCUT2D eigenvalue weighted by Crippen LogP contribution is -2.12. The van der Waals surface area contributed by atoms with E-state index in [4.69, 9.17) is 4.74 Å². The Morgan fingerprint density at radius 2 is 2.23 bits per heavy atom. The molecule has 0 aliphatic rings. The quantitative estimate of drug-likeness (QED) is 0.770. The largest absolute Gasteiger partial charge is 0.497 e. The predicted octanol–water partition coefficient (Wildman–Crippen LogP) is 1.94. The second kappa shape index (κ2) is 4.82. The van der Waals surface area contributed by atoms with Gasteiger partial charge in [0.05, 0.1) is 7.11 Å². The summed E-state index contributed by atoms with van der Waals surface area (Å²) in [6.07, 6.45) is 0. The van der Waals surface area contributed by atoms with Gasteiger partial charge in [-0.3, -0.25) is 0 Å². The van der Waals surface area contributed by atoms with Gasteiger partial charge in [-0.05, 0) is 12.6 Å². The third-order valence-corrected chi connectivity index (χ3v) is 1.83. The predicted molar refractivity (Wildman–Crippen MR) is 50.3 cm³/mol. The Morgan fingerprint density at radius 3 is 2.77 bits per heavy atom. The van der Waals surface area contributed by atoms with Gasteiger partial charge in [0.15, 0.2) is 0 Å². The summed E-state index contributed by atoms with van der Waals surface area (Å²) < 4.78 is 18.1. The van der Waals surface area contributed by atoms with E-state index >= 15 is 0 Å². The molecule has 0 atom stereocenters. The molecule has 1 rings (SSSR count). The van der Waals surface area contributed by atoms with Crippen LogP contribution >= 0.6 is 0 Å². The van der Waals surface area contributed by atoms with Crippen molar-refractivity contribution in [2.75, 3.05) is 13.7 Å². The van der Waals surface area contributed by atoms with Gasteiger partial charge in [0, 0.05) is 18.2 Å². The molecule has 3 heteroatoms. The van der Waals surface area contributed by atoms with E-state index in [0.717, 1.165) is 6.54 Å². The smallest absolute Gasteiger partial charge is 0.131 e. The van der Waals surface area contributed by atoms with E-state index in [1.54, 1.807) is 12.1 Å². The fraction of sp³-hybridized carbons (Fsp3) is 0.400. The SMILES string of the molecule is CCNCc1ccc(OC)cc1F. The molecule has 0 bridgehead atoms. The van der Waals surface area contributed by atoms with Crippen LogP contribution in [-0.4, -0.2) is 13.7 Å². The van der Waals surface area contributed by atoms with E-state index in [9.17, 15) is 4.39 Å². The second-order valence-corrected chi connectivity index (χ2v) is 2.74. The molecule has 0 saturated heterocycles. The standard InChI is InChI=1S/C10H14FNO/c1-3-12-7-8-4-5-9(13-2)6-10(8)11/h4-6,12H,3,7H2,1-2H3. The minimum Gasteiger partial charge on any atom is -0.497 e. The molecule has 1 aromatic rings. The number of benzene rings is 1. The fourth-order valence-corrected chi connectivity index (χ4v) is 1.06. The molecule has 0 aromatic heterocycles. The molecule has 0 saturated carbocycles. The maximum atomic E-state index is 13.2. The van der Waals surface area contributed by atoms with Crippen LogP contribution in [0, 0.1) is 5.82 Å². The molecule has 0 amide bonds. The Morgan fingerprint density at radius 1 is 1.46 bits per heavy atom. The Kier molecular flexibility index (Phi) is 3.71. The van der Waals surface area contributed by atoms with Gasteiger partial charge in [-0.15, -0.1) is 0 Å². The number of rotatable bonds is 4. The van der Waals surface area contributed by atoms with Crippen molar-refractivity contribution in [3.63, 3.8) is 0 Å². The molecule has 0 unspecified atom stereocenters. The first-order chi connectivity index (χ1) is 6.27. The number of hydrogen-bond acceptors (Lipinski definition) is 2. The average molecular weight is 183 g/mol. The third kappa shape index (κ3) is 2.70. The van der Waals surface area contributed by atoms with Crippen LogP contribution in [0.2, 0.25) is 0 Å². The number of ether oxygens (including phenoxy) is 1. The van der Waals surface area contributed by atoms with Crippen LogP contribution in [0.1, 0.15) is 12.5 Å². The molecule has 0 heterocycles. The minimum atomic E-state index is -0.222.